The van der Waals surface area contributed by atoms with Crippen LogP contribution in [0.5, 0.6) is 0 Å². The average molecular weight is 499 g/mol. The summed E-state index contributed by atoms with van der Waals surface area (Å²) in [4.78, 5) is 38.2. The lowest BCUT2D eigenvalue weighted by Gasteiger charge is -2.14. The van der Waals surface area contributed by atoms with Gasteiger partial charge in [-0.25, -0.2) is 14.8 Å². The zero-order valence-electron chi connectivity index (χ0n) is 19.6. The smallest absolute Gasteiger partial charge is 0.345 e. The number of esters is 1. The molecule has 0 aliphatic heterocycles. The summed E-state index contributed by atoms with van der Waals surface area (Å²) in [5.41, 5.74) is 3.33. The van der Waals surface area contributed by atoms with Gasteiger partial charge in [-0.15, -0.1) is 0 Å². The Morgan fingerprint density at radius 2 is 1.69 bits per heavy atom. The highest BCUT2D eigenvalue weighted by atomic mass is 32.2. The third kappa shape index (κ3) is 4.36. The molecule has 0 unspecified atom stereocenters. The Morgan fingerprint density at radius 3 is 2.42 bits per heavy atom. The largest absolute Gasteiger partial charge is 0.510 e. The van der Waals surface area contributed by atoms with E-state index in [1.807, 2.05) is 55.5 Å². The fourth-order valence-electron chi connectivity index (χ4n) is 3.86. The molecule has 8 nitrogen and oxygen atoms in total. The maximum atomic E-state index is 13.4. The first-order valence-electron chi connectivity index (χ1n) is 11.1. The Morgan fingerprint density at radius 1 is 1.00 bits per heavy atom. The molecule has 0 saturated carbocycles. The highest BCUT2D eigenvalue weighted by Crippen LogP contribution is 2.27. The number of nitrogens with zero attached hydrogens (tertiary/aromatic N) is 3. The molecule has 0 atom stereocenters. The number of fused-ring (bicyclic) bond motifs is 2. The summed E-state index contributed by atoms with van der Waals surface area (Å²) in [6.45, 7) is 1.97. The molecular weight excluding hydrogens is 476 g/mol. The molecule has 3 aromatic carbocycles. The normalized spacial score (nSPS) is 12.1. The topological polar surface area (TPSA) is 110 Å². The number of carbonyl (C=O) groups is 1. The number of aliphatic hydroxyl groups excluding tert-OH is 1. The van der Waals surface area contributed by atoms with Gasteiger partial charge in [-0.1, -0.05) is 53.7 Å². The van der Waals surface area contributed by atoms with Crippen molar-refractivity contribution in [3.05, 3.63) is 100 Å². The molecule has 5 aromatic rings. The van der Waals surface area contributed by atoms with Crippen molar-refractivity contribution in [3.8, 4) is 5.69 Å². The van der Waals surface area contributed by atoms with Crippen molar-refractivity contribution in [2.75, 3.05) is 12.9 Å². The molecule has 0 fully saturated rings. The van der Waals surface area contributed by atoms with E-state index in [-0.39, 0.29) is 28.5 Å². The molecule has 0 radical (unpaired) electrons. The number of methoxy groups -OCH3 is 1. The van der Waals surface area contributed by atoms with Crippen LogP contribution in [0.3, 0.4) is 0 Å². The molecule has 180 valence electrons. The third-order valence-corrected chi connectivity index (χ3v) is 6.63. The Kier molecular flexibility index (Phi) is 6.30. The minimum absolute atomic E-state index is 0.0435. The Hall–Kier alpha value is -4.37. The van der Waals surface area contributed by atoms with E-state index in [1.165, 1.54) is 11.7 Å². The van der Waals surface area contributed by atoms with E-state index in [0.29, 0.717) is 27.3 Å². The van der Waals surface area contributed by atoms with E-state index in [1.54, 1.807) is 24.3 Å². The van der Waals surface area contributed by atoms with Crippen LogP contribution in [0.25, 0.3) is 33.2 Å². The van der Waals surface area contributed by atoms with Gasteiger partial charge in [0.25, 0.3) is 5.56 Å². The van der Waals surface area contributed by atoms with Gasteiger partial charge in [0.1, 0.15) is 17.2 Å². The van der Waals surface area contributed by atoms with Gasteiger partial charge in [0.2, 0.25) is 0 Å². The lowest BCUT2D eigenvalue weighted by Crippen LogP contribution is -2.22. The van der Waals surface area contributed by atoms with Crippen molar-refractivity contribution < 1.29 is 14.6 Å². The lowest BCUT2D eigenvalue weighted by molar-refractivity contribution is -0.133. The standard InChI is InChI=1S/C27H22N4O4S/c1-16-11-13-17(14-12-16)31-25(33)18-7-3-4-8-19(18)30-27(31)36-15-22(32)23(26(34)35-2)24-28-20-9-5-6-10-21(20)29-24/h3-14,32H,15H2,1-2H3,(H,28,29). The number of aliphatic hydroxyl groups is 1. The Labute approximate surface area is 210 Å². The molecule has 2 heterocycles. The van der Waals surface area contributed by atoms with Crippen molar-refractivity contribution in [2.45, 2.75) is 12.1 Å². The number of carbonyl (C=O) groups excluding carboxylic acids is 1. The third-order valence-electron chi connectivity index (χ3n) is 5.68. The number of nitrogens with one attached hydrogen (secondary N) is 1. The van der Waals surface area contributed by atoms with Gasteiger partial charge in [-0.05, 0) is 43.3 Å². The van der Waals surface area contributed by atoms with Crippen LogP contribution < -0.4 is 5.56 Å². The Bertz CT molecular complexity index is 1650. The minimum atomic E-state index is -0.727. The molecule has 0 saturated heterocycles. The van der Waals surface area contributed by atoms with Crippen LogP contribution in [0.4, 0.5) is 0 Å². The van der Waals surface area contributed by atoms with E-state index in [0.717, 1.165) is 22.8 Å². The second-order valence-corrected chi connectivity index (χ2v) is 9.03. The number of hydrogen-bond donors (Lipinski definition) is 2. The van der Waals surface area contributed by atoms with Crippen LogP contribution in [0.1, 0.15) is 11.4 Å². The summed E-state index contributed by atoms with van der Waals surface area (Å²) in [5.74, 6) is -0.820. The average Bonchev–Trinajstić information content (AvgIpc) is 3.32. The van der Waals surface area contributed by atoms with Crippen LogP contribution in [-0.4, -0.2) is 43.5 Å². The summed E-state index contributed by atoms with van der Waals surface area (Å²) >= 11 is 1.14. The molecule has 36 heavy (non-hydrogen) atoms. The van der Waals surface area contributed by atoms with E-state index in [9.17, 15) is 14.7 Å². The quantitative estimate of drug-likeness (QED) is 0.114. The molecule has 0 amide bonds. The highest BCUT2D eigenvalue weighted by Gasteiger charge is 2.23. The molecular formula is C27H22N4O4S. The second kappa shape index (κ2) is 9.71. The molecule has 2 aromatic heterocycles. The molecule has 2 N–H and O–H groups in total. The zero-order chi connectivity index (χ0) is 25.2. The van der Waals surface area contributed by atoms with Crippen molar-refractivity contribution >= 4 is 45.2 Å². The molecule has 5 rings (SSSR count). The van der Waals surface area contributed by atoms with E-state index < -0.39 is 5.97 Å². The number of aryl methyl sites for hydroxylation is 1. The van der Waals surface area contributed by atoms with E-state index in [2.05, 4.69) is 9.97 Å². The van der Waals surface area contributed by atoms with E-state index >= 15 is 0 Å². The monoisotopic (exact) mass is 498 g/mol. The second-order valence-electron chi connectivity index (χ2n) is 8.09. The SMILES string of the molecule is COC(=O)C(=C(O)CSc1nc2ccccc2c(=O)n1-c1ccc(C)cc1)c1nc2ccccc2[nH]1. The van der Waals surface area contributed by atoms with Gasteiger partial charge in [-0.3, -0.25) is 9.36 Å². The molecule has 0 spiro atoms. The first-order chi connectivity index (χ1) is 17.5. The number of thioether (sulfide) groups is 1. The summed E-state index contributed by atoms with van der Waals surface area (Å²) in [6.07, 6.45) is 0. The summed E-state index contributed by atoms with van der Waals surface area (Å²) in [5, 5.41) is 11.9. The van der Waals surface area contributed by atoms with Crippen molar-refractivity contribution in [2.24, 2.45) is 0 Å². The van der Waals surface area contributed by atoms with Crippen LogP contribution >= 0.6 is 11.8 Å². The van der Waals surface area contributed by atoms with Crippen molar-refractivity contribution in [1.29, 1.82) is 0 Å². The van der Waals surface area contributed by atoms with Crippen LogP contribution in [0.2, 0.25) is 0 Å². The summed E-state index contributed by atoms with van der Waals surface area (Å²) in [7, 11) is 1.24. The van der Waals surface area contributed by atoms with Gasteiger partial charge < -0.3 is 14.8 Å². The number of para-hydroxylation sites is 3. The van der Waals surface area contributed by atoms with Crippen molar-refractivity contribution in [1.82, 2.24) is 19.5 Å². The number of ether oxygens (including phenoxy) is 1. The number of imidazole rings is 1. The van der Waals surface area contributed by atoms with E-state index in [4.69, 9.17) is 9.72 Å². The number of hydrogen-bond acceptors (Lipinski definition) is 7. The molecule has 0 aliphatic rings. The predicted molar refractivity (Wildman–Crippen MR) is 140 cm³/mol. The van der Waals surface area contributed by atoms with Crippen molar-refractivity contribution in [3.63, 3.8) is 0 Å². The first kappa shape index (κ1) is 23.4. The minimum Gasteiger partial charge on any atom is -0.510 e. The maximum Gasteiger partial charge on any atom is 0.345 e. The number of aromatic nitrogens is 4. The van der Waals surface area contributed by atoms with Crippen LogP contribution in [0, 0.1) is 6.92 Å². The number of H-pyrrole nitrogens is 1. The van der Waals surface area contributed by atoms with Gasteiger partial charge in [0, 0.05) is 0 Å². The molecule has 0 aliphatic carbocycles. The fourth-order valence-corrected chi connectivity index (χ4v) is 4.75. The number of aromatic amines is 1. The summed E-state index contributed by atoms with van der Waals surface area (Å²) < 4.78 is 6.43. The van der Waals surface area contributed by atoms with Gasteiger partial charge in [0.05, 0.1) is 40.5 Å². The van der Waals surface area contributed by atoms with Gasteiger partial charge in [-0.2, -0.15) is 0 Å². The maximum absolute atomic E-state index is 13.4. The lowest BCUT2D eigenvalue weighted by atomic mass is 10.2. The highest BCUT2D eigenvalue weighted by molar-refractivity contribution is 7.99. The Balaban J connectivity index is 1.59. The fraction of sp³-hybridized carbons (Fsp3) is 0.111. The predicted octanol–water partition coefficient (Wildman–Crippen LogP) is 4.80. The van der Waals surface area contributed by atoms with Crippen LogP contribution in [0.15, 0.2) is 88.5 Å². The number of benzene rings is 3. The van der Waals surface area contributed by atoms with Gasteiger partial charge in [0.15, 0.2) is 5.16 Å². The first-order valence-corrected chi connectivity index (χ1v) is 12.1. The number of rotatable bonds is 6. The zero-order valence-corrected chi connectivity index (χ0v) is 20.4. The van der Waals surface area contributed by atoms with Crippen LogP contribution in [-0.2, 0) is 9.53 Å². The molecule has 9 heteroatoms. The summed E-state index contributed by atoms with van der Waals surface area (Å²) in [6, 6.07) is 21.9. The van der Waals surface area contributed by atoms with Gasteiger partial charge >= 0.3 is 5.97 Å². The molecule has 0 bridgehead atoms.